The van der Waals surface area contributed by atoms with Gasteiger partial charge in [-0.1, -0.05) is 24.3 Å². The van der Waals surface area contributed by atoms with Crippen molar-refractivity contribution in [3.63, 3.8) is 0 Å². The molecule has 0 saturated heterocycles. The maximum Gasteiger partial charge on any atom is 0.314 e. The lowest BCUT2D eigenvalue weighted by Crippen LogP contribution is -2.09. The van der Waals surface area contributed by atoms with Crippen LogP contribution in [-0.2, 0) is 4.79 Å². The first-order valence-corrected chi connectivity index (χ1v) is 5.68. The third-order valence-corrected chi connectivity index (χ3v) is 2.98. The van der Waals surface area contributed by atoms with Gasteiger partial charge in [-0.15, -0.1) is 0 Å². The second kappa shape index (κ2) is 3.77. The number of carbonyl (C=O) groups is 1. The van der Waals surface area contributed by atoms with E-state index in [0.29, 0.717) is 11.1 Å². The summed E-state index contributed by atoms with van der Waals surface area (Å²) >= 11 is 0. The Morgan fingerprint density at radius 2 is 1.82 bits per heavy atom. The second-order valence-electron chi connectivity index (χ2n) is 4.32. The highest BCUT2D eigenvalue weighted by Gasteiger charge is 2.31. The molecule has 1 N–H and O–H groups in total. The number of phenols is 1. The smallest absolute Gasteiger partial charge is 0.314 e. The average molecular weight is 228 g/mol. The number of aromatic hydroxyl groups is 1. The van der Waals surface area contributed by atoms with Crippen LogP contribution in [0.3, 0.4) is 0 Å². The Hall–Kier alpha value is -2.03. The van der Waals surface area contributed by atoms with Crippen molar-refractivity contribution in [1.29, 1.82) is 0 Å². The van der Waals surface area contributed by atoms with E-state index in [2.05, 4.69) is 0 Å². The Balaban J connectivity index is 2.03. The van der Waals surface area contributed by atoms with Crippen molar-refractivity contribution in [3.05, 3.63) is 36.4 Å². The maximum atomic E-state index is 11.6. The molecule has 0 radical (unpaired) electrons. The van der Waals surface area contributed by atoms with E-state index in [9.17, 15) is 9.90 Å². The predicted molar refractivity (Wildman–Crippen MR) is 64.0 cm³/mol. The third kappa shape index (κ3) is 1.84. The van der Waals surface area contributed by atoms with Gasteiger partial charge in [0.25, 0.3) is 0 Å². The second-order valence-corrected chi connectivity index (χ2v) is 4.32. The van der Waals surface area contributed by atoms with Gasteiger partial charge in [-0.3, -0.25) is 4.79 Å². The van der Waals surface area contributed by atoms with Crippen molar-refractivity contribution in [1.82, 2.24) is 0 Å². The van der Waals surface area contributed by atoms with Crippen LogP contribution in [0.5, 0.6) is 11.5 Å². The lowest BCUT2D eigenvalue weighted by Gasteiger charge is -2.08. The topological polar surface area (TPSA) is 46.5 Å². The molecule has 0 heterocycles. The Morgan fingerprint density at radius 1 is 1.12 bits per heavy atom. The van der Waals surface area contributed by atoms with Crippen molar-refractivity contribution in [2.75, 3.05) is 0 Å². The largest absolute Gasteiger partial charge is 0.507 e. The zero-order valence-corrected chi connectivity index (χ0v) is 9.22. The monoisotopic (exact) mass is 228 g/mol. The summed E-state index contributed by atoms with van der Waals surface area (Å²) in [5.74, 6) is 0.630. The minimum absolute atomic E-state index is 0.0718. The van der Waals surface area contributed by atoms with Crippen LogP contribution in [0.4, 0.5) is 0 Å². The molecule has 2 aromatic carbocycles. The van der Waals surface area contributed by atoms with E-state index in [0.717, 1.165) is 18.2 Å². The number of hydrogen-bond acceptors (Lipinski definition) is 3. The molecule has 1 saturated carbocycles. The molecular formula is C14H12O3. The molecule has 1 fully saturated rings. The van der Waals surface area contributed by atoms with Gasteiger partial charge in [0.2, 0.25) is 0 Å². The minimum atomic E-state index is -0.166. The molecule has 0 amide bonds. The number of rotatable bonds is 2. The highest BCUT2D eigenvalue weighted by atomic mass is 16.5. The summed E-state index contributed by atoms with van der Waals surface area (Å²) in [6, 6.07) is 10.5. The van der Waals surface area contributed by atoms with Crippen LogP contribution in [0.15, 0.2) is 36.4 Å². The van der Waals surface area contributed by atoms with Crippen LogP contribution in [0.1, 0.15) is 12.8 Å². The van der Waals surface area contributed by atoms with Crippen molar-refractivity contribution in [2.24, 2.45) is 5.92 Å². The molecular weight excluding hydrogens is 216 g/mol. The van der Waals surface area contributed by atoms with E-state index in [1.165, 1.54) is 0 Å². The Morgan fingerprint density at radius 3 is 2.53 bits per heavy atom. The first-order chi connectivity index (χ1) is 8.25. The third-order valence-electron chi connectivity index (χ3n) is 2.98. The SMILES string of the molecule is O=C(Oc1ccc(O)c2ccccc12)C1CC1. The van der Waals surface area contributed by atoms with Gasteiger partial charge in [0.15, 0.2) is 0 Å². The molecule has 86 valence electrons. The molecule has 1 aliphatic carbocycles. The van der Waals surface area contributed by atoms with Gasteiger partial charge in [-0.2, -0.15) is 0 Å². The molecule has 3 heteroatoms. The van der Waals surface area contributed by atoms with Gasteiger partial charge in [-0.05, 0) is 25.0 Å². The summed E-state index contributed by atoms with van der Waals surface area (Å²) in [5, 5.41) is 11.2. The van der Waals surface area contributed by atoms with Crippen molar-refractivity contribution in [3.8, 4) is 11.5 Å². The molecule has 17 heavy (non-hydrogen) atoms. The predicted octanol–water partition coefficient (Wildman–Crippen LogP) is 2.86. The van der Waals surface area contributed by atoms with Gasteiger partial charge >= 0.3 is 5.97 Å². The lowest BCUT2D eigenvalue weighted by atomic mass is 10.1. The minimum Gasteiger partial charge on any atom is -0.507 e. The highest BCUT2D eigenvalue weighted by Crippen LogP contribution is 2.35. The number of ether oxygens (including phenoxy) is 1. The van der Waals surface area contributed by atoms with Gasteiger partial charge in [0.05, 0.1) is 5.92 Å². The molecule has 1 aliphatic rings. The molecule has 0 aromatic heterocycles. The van der Waals surface area contributed by atoms with E-state index < -0.39 is 0 Å². The van der Waals surface area contributed by atoms with Crippen LogP contribution in [0.25, 0.3) is 10.8 Å². The van der Waals surface area contributed by atoms with Gasteiger partial charge in [0, 0.05) is 10.8 Å². The van der Waals surface area contributed by atoms with E-state index in [1.807, 2.05) is 18.2 Å². The fraction of sp³-hybridized carbons (Fsp3) is 0.214. The molecule has 2 aromatic rings. The molecule has 0 bridgehead atoms. The van der Waals surface area contributed by atoms with Crippen molar-refractivity contribution in [2.45, 2.75) is 12.8 Å². The Labute approximate surface area is 98.6 Å². The van der Waals surface area contributed by atoms with Crippen LogP contribution in [-0.4, -0.2) is 11.1 Å². The number of esters is 1. The molecule has 0 unspecified atom stereocenters. The molecule has 3 nitrogen and oxygen atoms in total. The summed E-state index contributed by atoms with van der Waals surface area (Å²) in [7, 11) is 0. The first kappa shape index (κ1) is 10.1. The molecule has 0 aliphatic heterocycles. The fourth-order valence-electron chi connectivity index (χ4n) is 1.86. The number of carbonyl (C=O) groups excluding carboxylic acids is 1. The number of benzene rings is 2. The summed E-state index contributed by atoms with van der Waals surface area (Å²) in [4.78, 5) is 11.6. The van der Waals surface area contributed by atoms with Crippen molar-refractivity contribution < 1.29 is 14.6 Å². The maximum absolute atomic E-state index is 11.6. The van der Waals surface area contributed by atoms with E-state index in [-0.39, 0.29) is 17.6 Å². The van der Waals surface area contributed by atoms with Gasteiger partial charge < -0.3 is 9.84 Å². The van der Waals surface area contributed by atoms with Crippen LogP contribution in [0, 0.1) is 5.92 Å². The first-order valence-electron chi connectivity index (χ1n) is 5.68. The Bertz CT molecular complexity index is 585. The fourth-order valence-corrected chi connectivity index (χ4v) is 1.86. The summed E-state index contributed by atoms with van der Waals surface area (Å²) in [6.45, 7) is 0. The highest BCUT2D eigenvalue weighted by molar-refractivity contribution is 5.94. The lowest BCUT2D eigenvalue weighted by molar-refractivity contribution is -0.135. The van der Waals surface area contributed by atoms with Crippen LogP contribution >= 0.6 is 0 Å². The number of fused-ring (bicyclic) bond motifs is 1. The summed E-state index contributed by atoms with van der Waals surface area (Å²) in [6.07, 6.45) is 1.85. The van der Waals surface area contributed by atoms with E-state index in [1.54, 1.807) is 18.2 Å². The summed E-state index contributed by atoms with van der Waals surface area (Å²) in [5.41, 5.74) is 0. The van der Waals surface area contributed by atoms with E-state index >= 15 is 0 Å². The van der Waals surface area contributed by atoms with Crippen LogP contribution in [0.2, 0.25) is 0 Å². The Kier molecular flexibility index (Phi) is 2.25. The van der Waals surface area contributed by atoms with Gasteiger partial charge in [-0.25, -0.2) is 0 Å². The number of hydrogen-bond donors (Lipinski definition) is 1. The average Bonchev–Trinajstić information content (AvgIpc) is 3.17. The number of phenolic OH excluding ortho intramolecular Hbond substituents is 1. The van der Waals surface area contributed by atoms with Crippen molar-refractivity contribution >= 4 is 16.7 Å². The van der Waals surface area contributed by atoms with Crippen LogP contribution < -0.4 is 4.74 Å². The quantitative estimate of drug-likeness (QED) is 0.635. The standard InChI is InChI=1S/C14H12O3/c15-12-7-8-13(17-14(16)9-5-6-9)11-4-2-1-3-10(11)12/h1-4,7-9,15H,5-6H2. The molecule has 0 spiro atoms. The molecule has 3 rings (SSSR count). The zero-order chi connectivity index (χ0) is 11.8. The zero-order valence-electron chi connectivity index (χ0n) is 9.22. The van der Waals surface area contributed by atoms with E-state index in [4.69, 9.17) is 4.74 Å². The normalized spacial score (nSPS) is 14.8. The summed E-state index contributed by atoms with van der Waals surface area (Å²) < 4.78 is 5.36. The molecule has 0 atom stereocenters. The van der Waals surface area contributed by atoms with Gasteiger partial charge in [0.1, 0.15) is 11.5 Å².